The van der Waals surface area contributed by atoms with Crippen molar-refractivity contribution in [1.29, 1.82) is 0 Å². The van der Waals surface area contributed by atoms with Crippen LogP contribution in [0.2, 0.25) is 0 Å². The van der Waals surface area contributed by atoms with Crippen molar-refractivity contribution in [3.8, 4) is 0 Å². The fourth-order valence-electron chi connectivity index (χ4n) is 2.27. The van der Waals surface area contributed by atoms with E-state index < -0.39 is 11.8 Å². The highest BCUT2D eigenvalue weighted by atomic mass is 19.1. The SMILES string of the molecule is O=C1c2ccccc2C(=O)N1OCCOCc1ccccc1F. The molecule has 0 bridgehead atoms. The lowest BCUT2D eigenvalue weighted by molar-refractivity contribution is -0.107. The summed E-state index contributed by atoms with van der Waals surface area (Å²) in [6.07, 6.45) is 0. The maximum absolute atomic E-state index is 13.4. The smallest absolute Gasteiger partial charge is 0.285 e. The number of carbonyl (C=O) groups is 2. The highest BCUT2D eigenvalue weighted by molar-refractivity contribution is 6.20. The first-order valence-electron chi connectivity index (χ1n) is 7.10. The van der Waals surface area contributed by atoms with Crippen molar-refractivity contribution >= 4 is 11.8 Å². The highest BCUT2D eigenvalue weighted by Gasteiger charge is 2.36. The molecule has 0 spiro atoms. The number of hydrogen-bond acceptors (Lipinski definition) is 4. The minimum absolute atomic E-state index is 0.0138. The standard InChI is InChI=1S/C17H14FNO4/c18-15-8-4-1-5-12(15)11-22-9-10-23-19-16(20)13-6-2-3-7-14(13)17(19)21/h1-8H,9-11H2. The molecule has 0 fully saturated rings. The molecule has 118 valence electrons. The summed E-state index contributed by atoms with van der Waals surface area (Å²) in [6, 6.07) is 12.8. The number of hydrogen-bond donors (Lipinski definition) is 0. The molecular formula is C17H14FNO4. The van der Waals surface area contributed by atoms with E-state index in [2.05, 4.69) is 0 Å². The van der Waals surface area contributed by atoms with Crippen molar-refractivity contribution in [2.24, 2.45) is 0 Å². The maximum Gasteiger partial charge on any atom is 0.285 e. The lowest BCUT2D eigenvalue weighted by Crippen LogP contribution is -2.31. The summed E-state index contributed by atoms with van der Waals surface area (Å²) in [5.41, 5.74) is 1.09. The van der Waals surface area contributed by atoms with Gasteiger partial charge in [0.25, 0.3) is 11.8 Å². The van der Waals surface area contributed by atoms with Crippen LogP contribution in [-0.4, -0.2) is 30.1 Å². The van der Waals surface area contributed by atoms with E-state index in [1.54, 1.807) is 42.5 Å². The van der Waals surface area contributed by atoms with Gasteiger partial charge in [0.1, 0.15) is 5.82 Å². The Kier molecular flexibility index (Phi) is 4.45. The fourth-order valence-corrected chi connectivity index (χ4v) is 2.27. The normalized spacial score (nSPS) is 13.5. The van der Waals surface area contributed by atoms with Crippen molar-refractivity contribution in [3.05, 3.63) is 71.0 Å². The summed E-state index contributed by atoms with van der Waals surface area (Å²) >= 11 is 0. The predicted octanol–water partition coefficient (Wildman–Crippen LogP) is 2.57. The van der Waals surface area contributed by atoms with Crippen LogP contribution in [0.3, 0.4) is 0 Å². The number of ether oxygens (including phenoxy) is 1. The molecule has 23 heavy (non-hydrogen) atoms. The lowest BCUT2D eigenvalue weighted by atomic mass is 10.1. The Morgan fingerprint density at radius 2 is 1.48 bits per heavy atom. The molecule has 1 aliphatic heterocycles. The third-order valence-corrected chi connectivity index (χ3v) is 3.42. The highest BCUT2D eigenvalue weighted by Crippen LogP contribution is 2.22. The molecule has 2 amide bonds. The third kappa shape index (κ3) is 3.13. The zero-order valence-corrected chi connectivity index (χ0v) is 12.2. The maximum atomic E-state index is 13.4. The number of fused-ring (bicyclic) bond motifs is 1. The molecule has 0 aromatic heterocycles. The first kappa shape index (κ1) is 15.3. The molecule has 0 saturated carbocycles. The van der Waals surface area contributed by atoms with E-state index in [9.17, 15) is 14.0 Å². The average molecular weight is 315 g/mol. The Bertz CT molecular complexity index is 712. The van der Waals surface area contributed by atoms with Gasteiger partial charge in [-0.1, -0.05) is 30.3 Å². The van der Waals surface area contributed by atoms with Gasteiger partial charge in [-0.25, -0.2) is 4.39 Å². The van der Waals surface area contributed by atoms with Crippen molar-refractivity contribution < 1.29 is 23.6 Å². The van der Waals surface area contributed by atoms with E-state index in [-0.39, 0.29) is 25.6 Å². The monoisotopic (exact) mass is 315 g/mol. The van der Waals surface area contributed by atoms with Gasteiger partial charge in [-0.15, -0.1) is 5.06 Å². The van der Waals surface area contributed by atoms with Gasteiger partial charge in [-0.3, -0.25) is 14.4 Å². The molecule has 3 rings (SSSR count). The molecule has 5 nitrogen and oxygen atoms in total. The Morgan fingerprint density at radius 3 is 2.13 bits per heavy atom. The zero-order valence-electron chi connectivity index (χ0n) is 12.2. The molecule has 0 radical (unpaired) electrons. The van der Waals surface area contributed by atoms with E-state index >= 15 is 0 Å². The van der Waals surface area contributed by atoms with Crippen LogP contribution in [0.15, 0.2) is 48.5 Å². The topological polar surface area (TPSA) is 55.8 Å². The first-order chi connectivity index (χ1) is 11.2. The van der Waals surface area contributed by atoms with Gasteiger partial charge < -0.3 is 4.74 Å². The van der Waals surface area contributed by atoms with Gasteiger partial charge in [0.05, 0.1) is 30.9 Å². The van der Waals surface area contributed by atoms with Crippen LogP contribution in [0.25, 0.3) is 0 Å². The number of halogens is 1. The van der Waals surface area contributed by atoms with Gasteiger partial charge in [-0.2, -0.15) is 0 Å². The quantitative estimate of drug-likeness (QED) is 0.607. The molecule has 0 N–H and O–H groups in total. The predicted molar refractivity (Wildman–Crippen MR) is 79.0 cm³/mol. The second kappa shape index (κ2) is 6.68. The summed E-state index contributed by atoms with van der Waals surface area (Å²) in [5, 5.41) is 0.733. The van der Waals surface area contributed by atoms with E-state index in [1.807, 2.05) is 0 Å². The van der Waals surface area contributed by atoms with E-state index in [0.29, 0.717) is 16.7 Å². The van der Waals surface area contributed by atoms with Crippen LogP contribution in [-0.2, 0) is 16.2 Å². The Balaban J connectivity index is 1.48. The second-order valence-corrected chi connectivity index (χ2v) is 4.93. The Hall–Kier alpha value is -2.57. The summed E-state index contributed by atoms with van der Waals surface area (Å²) in [7, 11) is 0. The molecular weight excluding hydrogens is 301 g/mol. The van der Waals surface area contributed by atoms with Gasteiger partial charge in [-0.05, 0) is 18.2 Å². The molecule has 2 aromatic rings. The minimum Gasteiger partial charge on any atom is -0.374 e. The summed E-state index contributed by atoms with van der Waals surface area (Å²) in [6.45, 7) is 0.236. The molecule has 1 aliphatic rings. The summed E-state index contributed by atoms with van der Waals surface area (Å²) in [4.78, 5) is 29.2. The fraction of sp³-hybridized carbons (Fsp3) is 0.176. The van der Waals surface area contributed by atoms with Gasteiger partial charge >= 0.3 is 0 Å². The number of imide groups is 1. The second-order valence-electron chi connectivity index (χ2n) is 4.93. The van der Waals surface area contributed by atoms with E-state index in [4.69, 9.17) is 9.57 Å². The van der Waals surface area contributed by atoms with Crippen LogP contribution >= 0.6 is 0 Å². The Labute approximate surface area is 132 Å². The van der Waals surface area contributed by atoms with Gasteiger partial charge in [0, 0.05) is 5.56 Å². The van der Waals surface area contributed by atoms with Crippen LogP contribution in [0, 0.1) is 5.82 Å². The Morgan fingerprint density at radius 1 is 0.870 bits per heavy atom. The van der Waals surface area contributed by atoms with Crippen molar-refractivity contribution in [1.82, 2.24) is 5.06 Å². The third-order valence-electron chi connectivity index (χ3n) is 3.42. The molecule has 2 aromatic carbocycles. The number of nitrogens with zero attached hydrogens (tertiary/aromatic N) is 1. The minimum atomic E-state index is -0.486. The van der Waals surface area contributed by atoms with E-state index in [1.165, 1.54) is 6.07 Å². The van der Waals surface area contributed by atoms with Crippen LogP contribution < -0.4 is 0 Å². The number of carbonyl (C=O) groups excluding carboxylic acids is 2. The number of rotatable bonds is 6. The molecule has 6 heteroatoms. The molecule has 1 heterocycles. The number of benzene rings is 2. The average Bonchev–Trinajstić information content (AvgIpc) is 2.81. The lowest BCUT2D eigenvalue weighted by Gasteiger charge is -2.13. The number of hydroxylamine groups is 2. The van der Waals surface area contributed by atoms with Crippen molar-refractivity contribution in [2.75, 3.05) is 13.2 Å². The first-order valence-corrected chi connectivity index (χ1v) is 7.10. The van der Waals surface area contributed by atoms with Crippen LogP contribution in [0.4, 0.5) is 4.39 Å². The van der Waals surface area contributed by atoms with Gasteiger partial charge in [0.15, 0.2) is 0 Å². The van der Waals surface area contributed by atoms with E-state index in [0.717, 1.165) is 5.06 Å². The summed E-state index contributed by atoms with van der Waals surface area (Å²) in [5.74, 6) is -1.31. The largest absolute Gasteiger partial charge is 0.374 e. The van der Waals surface area contributed by atoms with Crippen molar-refractivity contribution in [3.63, 3.8) is 0 Å². The molecule has 0 aliphatic carbocycles. The molecule has 0 unspecified atom stereocenters. The van der Waals surface area contributed by atoms with Gasteiger partial charge in [0.2, 0.25) is 0 Å². The van der Waals surface area contributed by atoms with Crippen LogP contribution in [0.1, 0.15) is 26.3 Å². The van der Waals surface area contributed by atoms with Crippen LogP contribution in [0.5, 0.6) is 0 Å². The van der Waals surface area contributed by atoms with Crippen molar-refractivity contribution in [2.45, 2.75) is 6.61 Å². The molecule has 0 atom stereocenters. The zero-order chi connectivity index (χ0) is 16.2. The number of amides is 2. The summed E-state index contributed by atoms with van der Waals surface area (Å²) < 4.78 is 18.7. The molecule has 0 saturated heterocycles.